The molecule has 6 nitrogen and oxygen atoms in total. The number of carboxylic acid groups (broad SMARTS) is 1. The van der Waals surface area contributed by atoms with Gasteiger partial charge in [-0.3, -0.25) is 9.89 Å². The lowest BCUT2D eigenvalue weighted by Gasteiger charge is -2.14. The molecule has 0 aliphatic carbocycles. The quantitative estimate of drug-likeness (QED) is 0.780. The summed E-state index contributed by atoms with van der Waals surface area (Å²) in [6, 6.07) is 3.69. The van der Waals surface area contributed by atoms with E-state index in [9.17, 15) is 19.1 Å². The first-order valence-corrected chi connectivity index (χ1v) is 7.21. The molecule has 2 rings (SSSR count). The molecule has 0 spiro atoms. The van der Waals surface area contributed by atoms with Crippen molar-refractivity contribution in [2.45, 2.75) is 25.8 Å². The number of hydrogen-bond acceptors (Lipinski definition) is 3. The fourth-order valence-electron chi connectivity index (χ4n) is 1.93. The Labute approximate surface area is 136 Å². The molecule has 0 bridgehead atoms. The van der Waals surface area contributed by atoms with Crippen LogP contribution in [0.15, 0.2) is 24.3 Å². The molecule has 1 unspecified atom stereocenters. The van der Waals surface area contributed by atoms with E-state index in [0.717, 1.165) is 11.8 Å². The summed E-state index contributed by atoms with van der Waals surface area (Å²) in [5, 5.41) is 18.0. The first-order chi connectivity index (χ1) is 10.8. The molecule has 1 atom stereocenters. The minimum Gasteiger partial charge on any atom is -0.479 e. The number of aliphatic carboxylic acids is 1. The SMILES string of the molecule is CC(C)c1cc(C(=O)NC(C(=O)O)c2ccc(Cl)c(F)c2)n[nH]1. The summed E-state index contributed by atoms with van der Waals surface area (Å²) in [6.07, 6.45) is 0. The molecular weight excluding hydrogens is 325 g/mol. The van der Waals surface area contributed by atoms with Gasteiger partial charge in [0.15, 0.2) is 6.04 Å². The standard InChI is InChI=1S/C15H15ClFN3O3/c1-7(2)11-6-12(20-19-11)14(21)18-13(15(22)23)8-3-4-9(16)10(17)5-8/h3-7,13H,1-2H3,(H,18,21)(H,19,20)(H,22,23). The molecule has 0 fully saturated rings. The predicted molar refractivity (Wildman–Crippen MR) is 81.9 cm³/mol. The Morgan fingerprint density at radius 2 is 2.04 bits per heavy atom. The fourth-order valence-corrected chi connectivity index (χ4v) is 2.05. The third-order valence-electron chi connectivity index (χ3n) is 3.25. The monoisotopic (exact) mass is 339 g/mol. The number of rotatable bonds is 5. The summed E-state index contributed by atoms with van der Waals surface area (Å²) in [5.41, 5.74) is 0.890. The zero-order chi connectivity index (χ0) is 17.1. The van der Waals surface area contributed by atoms with Gasteiger partial charge in [-0.25, -0.2) is 9.18 Å². The van der Waals surface area contributed by atoms with Crippen molar-refractivity contribution < 1.29 is 19.1 Å². The number of benzene rings is 1. The number of carbonyl (C=O) groups is 2. The van der Waals surface area contributed by atoms with Gasteiger partial charge in [-0.1, -0.05) is 31.5 Å². The Balaban J connectivity index is 2.23. The van der Waals surface area contributed by atoms with Gasteiger partial charge in [0.2, 0.25) is 0 Å². The van der Waals surface area contributed by atoms with Crippen LogP contribution in [0.5, 0.6) is 0 Å². The summed E-state index contributed by atoms with van der Waals surface area (Å²) in [7, 11) is 0. The van der Waals surface area contributed by atoms with Crippen LogP contribution in [0.1, 0.15) is 47.6 Å². The summed E-state index contributed by atoms with van der Waals surface area (Å²) in [5.74, 6) is -2.60. The number of carbonyl (C=O) groups excluding carboxylic acids is 1. The molecule has 8 heteroatoms. The van der Waals surface area contributed by atoms with E-state index in [1.807, 2.05) is 13.8 Å². The Kier molecular flexibility index (Phi) is 5.00. The Morgan fingerprint density at radius 3 is 2.57 bits per heavy atom. The number of nitrogens with one attached hydrogen (secondary N) is 2. The van der Waals surface area contributed by atoms with Crippen LogP contribution in [0.25, 0.3) is 0 Å². The number of amides is 1. The van der Waals surface area contributed by atoms with Gasteiger partial charge < -0.3 is 10.4 Å². The predicted octanol–water partition coefficient (Wildman–Crippen LogP) is 2.88. The van der Waals surface area contributed by atoms with Gasteiger partial charge in [0.1, 0.15) is 11.5 Å². The van der Waals surface area contributed by atoms with E-state index in [4.69, 9.17) is 11.6 Å². The van der Waals surface area contributed by atoms with Gasteiger partial charge in [0.05, 0.1) is 5.02 Å². The minimum atomic E-state index is -1.41. The topological polar surface area (TPSA) is 95.1 Å². The molecular formula is C15H15ClFN3O3. The Morgan fingerprint density at radius 1 is 1.35 bits per heavy atom. The molecule has 0 aliphatic heterocycles. The highest BCUT2D eigenvalue weighted by Gasteiger charge is 2.25. The largest absolute Gasteiger partial charge is 0.479 e. The van der Waals surface area contributed by atoms with Crippen molar-refractivity contribution in [2.24, 2.45) is 0 Å². The average molecular weight is 340 g/mol. The van der Waals surface area contributed by atoms with E-state index in [0.29, 0.717) is 0 Å². The highest BCUT2D eigenvalue weighted by Crippen LogP contribution is 2.21. The van der Waals surface area contributed by atoms with E-state index in [-0.39, 0.29) is 22.2 Å². The molecule has 2 aromatic rings. The Bertz CT molecular complexity index is 745. The molecule has 23 heavy (non-hydrogen) atoms. The van der Waals surface area contributed by atoms with Crippen molar-refractivity contribution in [3.63, 3.8) is 0 Å². The number of aromatic nitrogens is 2. The molecule has 122 valence electrons. The van der Waals surface area contributed by atoms with Gasteiger partial charge in [-0.15, -0.1) is 0 Å². The summed E-state index contributed by atoms with van der Waals surface area (Å²) in [4.78, 5) is 23.5. The van der Waals surface area contributed by atoms with Crippen LogP contribution in [-0.4, -0.2) is 27.2 Å². The number of nitrogens with zero attached hydrogens (tertiary/aromatic N) is 1. The second kappa shape index (κ2) is 6.78. The smallest absolute Gasteiger partial charge is 0.330 e. The van der Waals surface area contributed by atoms with Crippen LogP contribution >= 0.6 is 11.6 Å². The van der Waals surface area contributed by atoms with Crippen LogP contribution < -0.4 is 5.32 Å². The van der Waals surface area contributed by atoms with Crippen LogP contribution in [-0.2, 0) is 4.79 Å². The number of H-pyrrole nitrogens is 1. The number of halogens is 2. The maximum atomic E-state index is 13.5. The van der Waals surface area contributed by atoms with Crippen molar-refractivity contribution in [1.82, 2.24) is 15.5 Å². The first kappa shape index (κ1) is 17.0. The van der Waals surface area contributed by atoms with Crippen molar-refractivity contribution in [1.29, 1.82) is 0 Å². The summed E-state index contributed by atoms with van der Waals surface area (Å²) in [6.45, 7) is 3.84. The number of carboxylic acids is 1. The van der Waals surface area contributed by atoms with Crippen LogP contribution in [0.2, 0.25) is 5.02 Å². The summed E-state index contributed by atoms with van der Waals surface area (Å²) >= 11 is 5.58. The van der Waals surface area contributed by atoms with E-state index >= 15 is 0 Å². The van der Waals surface area contributed by atoms with Crippen molar-refractivity contribution in [3.8, 4) is 0 Å². The molecule has 1 aromatic carbocycles. The van der Waals surface area contributed by atoms with Crippen LogP contribution in [0.4, 0.5) is 4.39 Å². The third-order valence-corrected chi connectivity index (χ3v) is 3.56. The number of hydrogen-bond donors (Lipinski definition) is 3. The average Bonchev–Trinajstić information content (AvgIpc) is 2.97. The third kappa shape index (κ3) is 3.87. The zero-order valence-electron chi connectivity index (χ0n) is 12.4. The lowest BCUT2D eigenvalue weighted by molar-refractivity contribution is -0.139. The van der Waals surface area contributed by atoms with Gasteiger partial charge in [-0.2, -0.15) is 5.10 Å². The van der Waals surface area contributed by atoms with Gasteiger partial charge in [-0.05, 0) is 29.7 Å². The maximum absolute atomic E-state index is 13.5. The van der Waals surface area contributed by atoms with Crippen molar-refractivity contribution in [3.05, 3.63) is 52.1 Å². The highest BCUT2D eigenvalue weighted by molar-refractivity contribution is 6.30. The van der Waals surface area contributed by atoms with E-state index in [1.165, 1.54) is 12.1 Å². The highest BCUT2D eigenvalue weighted by atomic mass is 35.5. The summed E-state index contributed by atoms with van der Waals surface area (Å²) < 4.78 is 13.5. The van der Waals surface area contributed by atoms with Crippen molar-refractivity contribution in [2.75, 3.05) is 0 Å². The molecule has 0 radical (unpaired) electrons. The first-order valence-electron chi connectivity index (χ1n) is 6.83. The molecule has 0 saturated heterocycles. The van der Waals surface area contributed by atoms with Crippen LogP contribution in [0.3, 0.4) is 0 Å². The van der Waals surface area contributed by atoms with Gasteiger partial charge >= 0.3 is 5.97 Å². The normalized spacial score (nSPS) is 12.2. The van der Waals surface area contributed by atoms with E-state index < -0.39 is 23.7 Å². The van der Waals surface area contributed by atoms with E-state index in [2.05, 4.69) is 15.5 Å². The molecule has 1 heterocycles. The Hall–Kier alpha value is -2.41. The molecule has 1 amide bonds. The van der Waals surface area contributed by atoms with Crippen molar-refractivity contribution >= 4 is 23.5 Å². The maximum Gasteiger partial charge on any atom is 0.330 e. The molecule has 3 N–H and O–H groups in total. The second-order valence-corrected chi connectivity index (χ2v) is 5.69. The lowest BCUT2D eigenvalue weighted by Crippen LogP contribution is -2.34. The minimum absolute atomic E-state index is 0.0642. The zero-order valence-corrected chi connectivity index (χ0v) is 13.2. The van der Waals surface area contributed by atoms with Gasteiger partial charge in [0, 0.05) is 5.69 Å². The fraction of sp³-hybridized carbons (Fsp3) is 0.267. The number of aromatic amines is 1. The molecule has 0 aliphatic rings. The molecule has 1 aromatic heterocycles. The second-order valence-electron chi connectivity index (χ2n) is 5.28. The molecule has 0 saturated carbocycles. The lowest BCUT2D eigenvalue weighted by atomic mass is 10.1. The van der Waals surface area contributed by atoms with E-state index in [1.54, 1.807) is 6.07 Å². The van der Waals surface area contributed by atoms with Crippen LogP contribution in [0, 0.1) is 5.82 Å². The van der Waals surface area contributed by atoms with Gasteiger partial charge in [0.25, 0.3) is 5.91 Å².